The molecule has 0 saturated carbocycles. The second-order valence-electron chi connectivity index (χ2n) is 4.74. The van der Waals surface area contributed by atoms with Gasteiger partial charge in [-0.2, -0.15) is 0 Å². The van der Waals surface area contributed by atoms with Crippen molar-refractivity contribution in [3.05, 3.63) is 53.2 Å². The van der Waals surface area contributed by atoms with E-state index in [2.05, 4.69) is 10.3 Å². The molecule has 2 aromatic rings. The number of ether oxygens (including phenoxy) is 1. The third-order valence-electron chi connectivity index (χ3n) is 3.19. The van der Waals surface area contributed by atoms with E-state index in [0.717, 1.165) is 11.1 Å². The van der Waals surface area contributed by atoms with Gasteiger partial charge >= 0.3 is 0 Å². The van der Waals surface area contributed by atoms with Crippen LogP contribution in [0.1, 0.15) is 16.7 Å². The van der Waals surface area contributed by atoms with Crippen molar-refractivity contribution < 1.29 is 14.6 Å². The van der Waals surface area contributed by atoms with Gasteiger partial charge in [0.25, 0.3) is 5.91 Å². The first-order valence-electron chi connectivity index (χ1n) is 6.65. The zero-order valence-corrected chi connectivity index (χ0v) is 12.1. The highest BCUT2D eigenvalue weighted by molar-refractivity contribution is 5.90. The Bertz CT molecular complexity index is 624. The average Bonchev–Trinajstić information content (AvgIpc) is 2.49. The van der Waals surface area contributed by atoms with E-state index in [4.69, 9.17) is 9.84 Å². The zero-order valence-electron chi connectivity index (χ0n) is 12.1. The Morgan fingerprint density at radius 2 is 2.10 bits per heavy atom. The first-order valence-corrected chi connectivity index (χ1v) is 6.65. The van der Waals surface area contributed by atoms with Gasteiger partial charge in [0.05, 0.1) is 6.61 Å². The Kier molecular flexibility index (Phi) is 4.90. The number of rotatable bonds is 5. The van der Waals surface area contributed by atoms with Crippen LogP contribution >= 0.6 is 0 Å². The summed E-state index contributed by atoms with van der Waals surface area (Å²) in [6.07, 6.45) is 1.52. The van der Waals surface area contributed by atoms with Crippen LogP contribution in [0.15, 0.2) is 36.5 Å². The van der Waals surface area contributed by atoms with Crippen LogP contribution in [0, 0.1) is 13.8 Å². The van der Waals surface area contributed by atoms with Gasteiger partial charge < -0.3 is 15.2 Å². The summed E-state index contributed by atoms with van der Waals surface area (Å²) in [6.45, 7) is 3.80. The van der Waals surface area contributed by atoms with Gasteiger partial charge in [0.15, 0.2) is 6.61 Å². The molecular weight excluding hydrogens is 268 g/mol. The molecule has 0 fully saturated rings. The smallest absolute Gasteiger partial charge is 0.263 e. The molecule has 0 aliphatic carbocycles. The highest BCUT2D eigenvalue weighted by atomic mass is 16.5. The Hall–Kier alpha value is -2.40. The van der Waals surface area contributed by atoms with E-state index in [-0.39, 0.29) is 19.1 Å². The minimum atomic E-state index is -0.278. The lowest BCUT2D eigenvalue weighted by Crippen LogP contribution is -2.21. The van der Waals surface area contributed by atoms with Crippen LogP contribution < -0.4 is 10.1 Å². The molecule has 2 rings (SSSR count). The maximum Gasteiger partial charge on any atom is 0.263 e. The van der Waals surface area contributed by atoms with Crippen molar-refractivity contribution in [1.29, 1.82) is 0 Å². The fourth-order valence-electron chi connectivity index (χ4n) is 1.79. The number of hydrogen-bond donors (Lipinski definition) is 2. The Morgan fingerprint density at radius 3 is 2.76 bits per heavy atom. The molecule has 0 radical (unpaired) electrons. The zero-order chi connectivity index (χ0) is 15.2. The molecule has 1 heterocycles. The number of aryl methyl sites for hydroxylation is 1. The van der Waals surface area contributed by atoms with Crippen LogP contribution in [0.3, 0.4) is 0 Å². The molecular formula is C16H18N2O3. The molecule has 1 amide bonds. The second-order valence-corrected chi connectivity index (χ2v) is 4.74. The van der Waals surface area contributed by atoms with Crippen molar-refractivity contribution in [2.24, 2.45) is 0 Å². The molecule has 0 spiro atoms. The summed E-state index contributed by atoms with van der Waals surface area (Å²) in [5.74, 6) is 0.857. The number of carbonyl (C=O) groups is 1. The summed E-state index contributed by atoms with van der Waals surface area (Å²) in [5.41, 5.74) is 2.84. The predicted octanol–water partition coefficient (Wildman–Crippen LogP) is 2.21. The fourth-order valence-corrected chi connectivity index (χ4v) is 1.79. The third kappa shape index (κ3) is 4.03. The van der Waals surface area contributed by atoms with Crippen molar-refractivity contribution in [3.63, 3.8) is 0 Å². The number of amides is 1. The second kappa shape index (κ2) is 6.85. The topological polar surface area (TPSA) is 71.5 Å². The molecule has 0 unspecified atom stereocenters. The number of pyridine rings is 1. The molecule has 5 nitrogen and oxygen atoms in total. The van der Waals surface area contributed by atoms with Crippen LogP contribution in [0.25, 0.3) is 0 Å². The van der Waals surface area contributed by atoms with Gasteiger partial charge in [-0.1, -0.05) is 18.2 Å². The van der Waals surface area contributed by atoms with Crippen LogP contribution in [0.2, 0.25) is 0 Å². The Labute approximate surface area is 123 Å². The number of hydrogen-bond acceptors (Lipinski definition) is 4. The van der Waals surface area contributed by atoms with Crippen molar-refractivity contribution in [1.82, 2.24) is 4.98 Å². The first-order chi connectivity index (χ1) is 10.1. The summed E-state index contributed by atoms with van der Waals surface area (Å²) < 4.78 is 5.52. The highest BCUT2D eigenvalue weighted by Crippen LogP contribution is 2.20. The quantitative estimate of drug-likeness (QED) is 0.884. The van der Waals surface area contributed by atoms with Gasteiger partial charge in [-0.05, 0) is 42.7 Å². The third-order valence-corrected chi connectivity index (χ3v) is 3.19. The molecule has 0 saturated heterocycles. The Morgan fingerprint density at radius 1 is 1.29 bits per heavy atom. The summed E-state index contributed by atoms with van der Waals surface area (Å²) in [4.78, 5) is 15.8. The van der Waals surface area contributed by atoms with Gasteiger partial charge in [0.1, 0.15) is 11.6 Å². The highest BCUT2D eigenvalue weighted by Gasteiger charge is 2.07. The maximum atomic E-state index is 11.8. The van der Waals surface area contributed by atoms with Crippen LogP contribution in [-0.2, 0) is 11.4 Å². The SMILES string of the molecule is Cc1cccc(OCC(=O)Nc2ccc(CO)cn2)c1C. The van der Waals surface area contributed by atoms with Gasteiger partial charge in [0, 0.05) is 6.20 Å². The lowest BCUT2D eigenvalue weighted by atomic mass is 10.1. The summed E-state index contributed by atoms with van der Waals surface area (Å²) in [7, 11) is 0. The number of aliphatic hydroxyl groups is 1. The monoisotopic (exact) mass is 286 g/mol. The number of aliphatic hydroxyl groups excluding tert-OH is 1. The van der Waals surface area contributed by atoms with Gasteiger partial charge in [-0.15, -0.1) is 0 Å². The molecule has 0 aliphatic rings. The standard InChI is InChI=1S/C16H18N2O3/c1-11-4-3-5-14(12(11)2)21-10-16(20)18-15-7-6-13(9-19)8-17-15/h3-8,19H,9-10H2,1-2H3,(H,17,18,20). The lowest BCUT2D eigenvalue weighted by molar-refractivity contribution is -0.118. The predicted molar refractivity (Wildman–Crippen MR) is 80.2 cm³/mol. The van der Waals surface area contributed by atoms with E-state index in [1.54, 1.807) is 12.1 Å². The number of aromatic nitrogens is 1. The van der Waals surface area contributed by atoms with Crippen molar-refractivity contribution in [3.8, 4) is 5.75 Å². The van der Waals surface area contributed by atoms with Crippen molar-refractivity contribution in [2.45, 2.75) is 20.5 Å². The van der Waals surface area contributed by atoms with E-state index >= 15 is 0 Å². The van der Waals surface area contributed by atoms with E-state index in [9.17, 15) is 4.79 Å². The first kappa shape index (κ1) is 15.0. The van der Waals surface area contributed by atoms with E-state index in [0.29, 0.717) is 17.1 Å². The number of anilines is 1. The molecule has 1 aromatic heterocycles. The van der Waals surface area contributed by atoms with Gasteiger partial charge in [0.2, 0.25) is 0 Å². The lowest BCUT2D eigenvalue weighted by Gasteiger charge is -2.10. The van der Waals surface area contributed by atoms with Crippen molar-refractivity contribution >= 4 is 11.7 Å². The number of nitrogens with zero attached hydrogens (tertiary/aromatic N) is 1. The molecule has 110 valence electrons. The minimum Gasteiger partial charge on any atom is -0.483 e. The van der Waals surface area contributed by atoms with Crippen LogP contribution in [-0.4, -0.2) is 22.6 Å². The van der Waals surface area contributed by atoms with Crippen LogP contribution in [0.4, 0.5) is 5.82 Å². The van der Waals surface area contributed by atoms with Crippen LogP contribution in [0.5, 0.6) is 5.75 Å². The minimum absolute atomic E-state index is 0.0724. The fraction of sp³-hybridized carbons (Fsp3) is 0.250. The van der Waals surface area contributed by atoms with E-state index < -0.39 is 0 Å². The largest absolute Gasteiger partial charge is 0.483 e. The summed E-state index contributed by atoms with van der Waals surface area (Å²) in [5, 5.41) is 11.6. The van der Waals surface area contributed by atoms with E-state index in [1.165, 1.54) is 6.20 Å². The number of nitrogens with one attached hydrogen (secondary N) is 1. The molecule has 1 aromatic carbocycles. The normalized spacial score (nSPS) is 10.2. The summed E-state index contributed by atoms with van der Waals surface area (Å²) >= 11 is 0. The van der Waals surface area contributed by atoms with Gasteiger partial charge in [-0.3, -0.25) is 4.79 Å². The molecule has 0 bridgehead atoms. The maximum absolute atomic E-state index is 11.8. The molecule has 0 atom stereocenters. The summed E-state index contributed by atoms with van der Waals surface area (Å²) in [6, 6.07) is 9.07. The molecule has 21 heavy (non-hydrogen) atoms. The number of carbonyl (C=O) groups excluding carboxylic acids is 1. The average molecular weight is 286 g/mol. The van der Waals surface area contributed by atoms with Crippen molar-refractivity contribution in [2.75, 3.05) is 11.9 Å². The van der Waals surface area contributed by atoms with E-state index in [1.807, 2.05) is 32.0 Å². The van der Waals surface area contributed by atoms with Gasteiger partial charge in [-0.25, -0.2) is 4.98 Å². The Balaban J connectivity index is 1.91. The number of benzene rings is 1. The molecule has 0 aliphatic heterocycles. The molecule has 2 N–H and O–H groups in total. The molecule has 5 heteroatoms.